The Bertz CT molecular complexity index is 958. The zero-order valence-electron chi connectivity index (χ0n) is 17.7. The number of hydrogen-bond donors (Lipinski definition) is 0. The zero-order chi connectivity index (χ0) is 22.3. The van der Waals surface area contributed by atoms with E-state index in [0.29, 0.717) is 31.1 Å². The van der Waals surface area contributed by atoms with Crippen LogP contribution >= 0.6 is 0 Å². The Morgan fingerprint density at radius 3 is 2.41 bits per heavy atom. The van der Waals surface area contributed by atoms with Crippen LogP contribution in [0.2, 0.25) is 0 Å². The van der Waals surface area contributed by atoms with Crippen LogP contribution in [0.4, 0.5) is 23.7 Å². The smallest absolute Gasteiger partial charge is 0.378 e. The summed E-state index contributed by atoms with van der Waals surface area (Å²) in [5.41, 5.74) is 1.64. The number of rotatable bonds is 3. The molecule has 0 aliphatic carbocycles. The number of halogens is 3. The Labute approximate surface area is 184 Å². The maximum absolute atomic E-state index is 12.8. The summed E-state index contributed by atoms with van der Waals surface area (Å²) in [6, 6.07) is 7.98. The van der Waals surface area contributed by atoms with Crippen molar-refractivity contribution in [1.29, 1.82) is 0 Å². The van der Waals surface area contributed by atoms with Crippen molar-refractivity contribution in [3.8, 4) is 0 Å². The molecule has 0 radical (unpaired) electrons. The number of alkyl halides is 3. The van der Waals surface area contributed by atoms with Crippen molar-refractivity contribution in [3.05, 3.63) is 47.8 Å². The minimum Gasteiger partial charge on any atom is -0.378 e. The van der Waals surface area contributed by atoms with Crippen LogP contribution < -0.4 is 4.90 Å². The largest absolute Gasteiger partial charge is 0.419 e. The maximum Gasteiger partial charge on any atom is 0.419 e. The number of anilines is 1. The average Bonchev–Trinajstić information content (AvgIpc) is 3.49. The molecule has 0 spiro atoms. The molecule has 1 aromatic heterocycles. The van der Waals surface area contributed by atoms with Gasteiger partial charge < -0.3 is 14.5 Å². The van der Waals surface area contributed by atoms with Gasteiger partial charge in [-0.15, -0.1) is 0 Å². The van der Waals surface area contributed by atoms with Gasteiger partial charge in [0, 0.05) is 57.7 Å². The molecule has 2 atom stereocenters. The van der Waals surface area contributed by atoms with Crippen LogP contribution in [0.1, 0.15) is 11.1 Å². The number of likely N-dealkylation sites (tertiary alicyclic amines) is 2. The number of benzene rings is 1. The molecular weight excluding hydrogens is 423 g/mol. The second kappa shape index (κ2) is 8.40. The van der Waals surface area contributed by atoms with Gasteiger partial charge in [0.1, 0.15) is 0 Å². The van der Waals surface area contributed by atoms with Gasteiger partial charge >= 0.3 is 12.2 Å². The molecule has 0 bridgehead atoms. The lowest BCUT2D eigenvalue weighted by Gasteiger charge is -2.31. The zero-order valence-corrected chi connectivity index (χ0v) is 17.7. The summed E-state index contributed by atoms with van der Waals surface area (Å²) in [6.07, 6.45) is -3.04. The molecule has 1 aromatic carbocycles. The Hall–Kier alpha value is -2.59. The number of fused-ring (bicyclic) bond motifs is 1. The highest BCUT2D eigenvalue weighted by Crippen LogP contribution is 2.34. The van der Waals surface area contributed by atoms with Gasteiger partial charge in [-0.1, -0.05) is 18.2 Å². The number of hydrogen-bond acceptors (Lipinski definition) is 5. The molecule has 32 heavy (non-hydrogen) atoms. The monoisotopic (exact) mass is 449 g/mol. The summed E-state index contributed by atoms with van der Waals surface area (Å²) >= 11 is 0. The summed E-state index contributed by atoms with van der Waals surface area (Å²) in [5, 5.41) is 3.63. The minimum atomic E-state index is -4.50. The highest BCUT2D eigenvalue weighted by molar-refractivity contribution is 5.76. The molecule has 2 unspecified atom stereocenters. The molecule has 0 N–H and O–H groups in total. The van der Waals surface area contributed by atoms with Gasteiger partial charge in [0.2, 0.25) is 0 Å². The lowest BCUT2D eigenvalue weighted by Crippen LogP contribution is -2.37. The van der Waals surface area contributed by atoms with Crippen molar-refractivity contribution in [2.45, 2.75) is 12.7 Å². The Morgan fingerprint density at radius 2 is 1.75 bits per heavy atom. The van der Waals surface area contributed by atoms with E-state index in [9.17, 15) is 18.0 Å². The van der Waals surface area contributed by atoms with E-state index in [0.717, 1.165) is 56.8 Å². The molecule has 5 rings (SSSR count). The third kappa shape index (κ3) is 4.21. The number of carbonyl (C=O) groups is 1. The summed E-state index contributed by atoms with van der Waals surface area (Å²) in [4.78, 5) is 19.1. The van der Waals surface area contributed by atoms with E-state index in [-0.39, 0.29) is 0 Å². The van der Waals surface area contributed by atoms with Gasteiger partial charge in [-0.25, -0.2) is 4.79 Å². The number of aromatic nitrogens is 2. The second-order valence-electron chi connectivity index (χ2n) is 8.80. The Morgan fingerprint density at radius 1 is 1.06 bits per heavy atom. The first-order chi connectivity index (χ1) is 15.4. The summed E-state index contributed by atoms with van der Waals surface area (Å²) in [7, 11) is 0. The average molecular weight is 449 g/mol. The van der Waals surface area contributed by atoms with Crippen LogP contribution in [0.25, 0.3) is 0 Å². The van der Waals surface area contributed by atoms with E-state index < -0.39 is 17.8 Å². The van der Waals surface area contributed by atoms with Crippen molar-refractivity contribution < 1.29 is 22.7 Å². The third-order valence-electron chi connectivity index (χ3n) is 6.68. The molecule has 4 heterocycles. The normalized spacial score (nSPS) is 24.2. The molecule has 172 valence electrons. The van der Waals surface area contributed by atoms with Crippen molar-refractivity contribution in [2.24, 2.45) is 11.8 Å². The quantitative estimate of drug-likeness (QED) is 0.722. The van der Waals surface area contributed by atoms with E-state index in [1.165, 1.54) is 11.3 Å². The fourth-order valence-corrected chi connectivity index (χ4v) is 5.09. The van der Waals surface area contributed by atoms with Gasteiger partial charge in [-0.05, 0) is 23.5 Å². The Kier molecular flexibility index (Phi) is 5.58. The molecule has 7 nitrogen and oxygen atoms in total. The maximum atomic E-state index is 12.8. The van der Waals surface area contributed by atoms with Gasteiger partial charge in [-0.3, -0.25) is 4.90 Å². The van der Waals surface area contributed by atoms with E-state index >= 15 is 0 Å². The SMILES string of the molecule is O=C(N1CC2CN(Cc3ccccc3N3CCOCC3)CC2C1)n1cc(C(F)(F)F)cn1. The second-order valence-corrected chi connectivity index (χ2v) is 8.80. The van der Waals surface area contributed by atoms with E-state index in [1.54, 1.807) is 4.90 Å². The molecule has 3 aliphatic rings. The number of amides is 1. The number of ether oxygens (including phenoxy) is 1. The van der Waals surface area contributed by atoms with Gasteiger partial charge in [0.05, 0.1) is 25.0 Å². The fourth-order valence-electron chi connectivity index (χ4n) is 5.09. The first-order valence-corrected chi connectivity index (χ1v) is 10.9. The number of carbonyl (C=O) groups excluding carboxylic acids is 1. The van der Waals surface area contributed by atoms with Gasteiger partial charge in [0.25, 0.3) is 0 Å². The minimum absolute atomic E-state index is 0.326. The fraction of sp³-hybridized carbons (Fsp3) is 0.545. The van der Waals surface area contributed by atoms with Crippen LogP contribution in [0, 0.1) is 11.8 Å². The first kappa shape index (κ1) is 21.3. The molecule has 2 aromatic rings. The number of nitrogens with zero attached hydrogens (tertiary/aromatic N) is 5. The highest BCUT2D eigenvalue weighted by atomic mass is 19.4. The molecule has 0 saturated carbocycles. The highest BCUT2D eigenvalue weighted by Gasteiger charge is 2.42. The summed E-state index contributed by atoms with van der Waals surface area (Å²) < 4.78 is 44.7. The summed E-state index contributed by atoms with van der Waals surface area (Å²) in [5.74, 6) is 0.652. The number of para-hydroxylation sites is 1. The standard InChI is InChI=1S/C22H26F3N5O2/c23-22(24,25)19-9-26-30(15-19)21(31)29-13-17-11-27(12-18(17)14-29)10-16-3-1-2-4-20(16)28-5-7-32-8-6-28/h1-4,9,15,17-18H,5-8,10-14H2. The first-order valence-electron chi connectivity index (χ1n) is 10.9. The number of morpholine rings is 1. The molecule has 3 fully saturated rings. The Balaban J connectivity index is 1.20. The van der Waals surface area contributed by atoms with Crippen LogP contribution in [0.5, 0.6) is 0 Å². The van der Waals surface area contributed by atoms with Crippen LogP contribution in [0.3, 0.4) is 0 Å². The predicted molar refractivity (Wildman–Crippen MR) is 111 cm³/mol. The van der Waals surface area contributed by atoms with Gasteiger partial charge in [0.15, 0.2) is 0 Å². The summed E-state index contributed by atoms with van der Waals surface area (Å²) in [6.45, 7) is 6.96. The topological polar surface area (TPSA) is 53.8 Å². The predicted octanol–water partition coefficient (Wildman–Crippen LogP) is 2.77. The molecule has 3 saturated heterocycles. The van der Waals surface area contributed by atoms with Crippen molar-refractivity contribution >= 4 is 11.7 Å². The molecular formula is C22H26F3N5O2. The van der Waals surface area contributed by atoms with Crippen LogP contribution in [-0.4, -0.2) is 78.1 Å². The van der Waals surface area contributed by atoms with Crippen LogP contribution in [-0.2, 0) is 17.5 Å². The van der Waals surface area contributed by atoms with Crippen molar-refractivity contribution in [1.82, 2.24) is 19.6 Å². The van der Waals surface area contributed by atoms with Crippen LogP contribution in [0.15, 0.2) is 36.7 Å². The lowest BCUT2D eigenvalue weighted by atomic mass is 10.0. The van der Waals surface area contributed by atoms with E-state index in [2.05, 4.69) is 39.2 Å². The third-order valence-corrected chi connectivity index (χ3v) is 6.68. The van der Waals surface area contributed by atoms with Gasteiger partial charge in [-0.2, -0.15) is 23.0 Å². The molecule has 10 heteroatoms. The van der Waals surface area contributed by atoms with Crippen molar-refractivity contribution in [2.75, 3.05) is 57.4 Å². The molecule has 3 aliphatic heterocycles. The van der Waals surface area contributed by atoms with Crippen molar-refractivity contribution in [3.63, 3.8) is 0 Å². The molecule has 1 amide bonds. The van der Waals surface area contributed by atoms with E-state index in [4.69, 9.17) is 4.74 Å². The lowest BCUT2D eigenvalue weighted by molar-refractivity contribution is -0.137. The van der Waals surface area contributed by atoms with E-state index in [1.807, 2.05) is 0 Å².